The zero-order chi connectivity index (χ0) is 16.3. The van der Waals surface area contributed by atoms with Gasteiger partial charge in [-0.1, -0.05) is 13.3 Å². The Bertz CT molecular complexity index is 566. The molecule has 0 radical (unpaired) electrons. The Kier molecular flexibility index (Phi) is 5.64. The van der Waals surface area contributed by atoms with Gasteiger partial charge in [-0.2, -0.15) is 0 Å². The van der Waals surface area contributed by atoms with Gasteiger partial charge in [-0.3, -0.25) is 9.69 Å². The summed E-state index contributed by atoms with van der Waals surface area (Å²) in [6.07, 6.45) is 4.65. The molecule has 1 aliphatic heterocycles. The number of piperidine rings is 1. The maximum Gasteiger partial charge on any atom is 0.223 e. The highest BCUT2D eigenvalue weighted by Gasteiger charge is 2.25. The highest BCUT2D eigenvalue weighted by Crippen LogP contribution is 2.26. The van der Waals surface area contributed by atoms with Gasteiger partial charge >= 0.3 is 0 Å². The first-order valence-electron chi connectivity index (χ1n) is 8.30. The lowest BCUT2D eigenvalue weighted by Crippen LogP contribution is -2.39. The minimum Gasteiger partial charge on any atom is -0.503 e. The Morgan fingerprint density at radius 1 is 1.36 bits per heavy atom. The number of hydrogen-bond donors (Lipinski definition) is 2. The van der Waals surface area contributed by atoms with E-state index in [0.717, 1.165) is 19.4 Å². The van der Waals surface area contributed by atoms with Gasteiger partial charge in [-0.05, 0) is 39.7 Å². The Hall–Kier alpha value is -1.33. The Morgan fingerprint density at radius 2 is 2.09 bits per heavy atom. The first-order chi connectivity index (χ1) is 10.5. The number of aliphatic hydroxyl groups excluding tert-OH is 1. The minimum atomic E-state index is -0.402. The first-order valence-corrected chi connectivity index (χ1v) is 8.30. The second-order valence-corrected chi connectivity index (χ2v) is 6.45. The number of pyridine rings is 1. The van der Waals surface area contributed by atoms with Crippen LogP contribution in [0.15, 0.2) is 10.9 Å². The molecule has 22 heavy (non-hydrogen) atoms. The summed E-state index contributed by atoms with van der Waals surface area (Å²) in [4.78, 5) is 14.4. The fourth-order valence-corrected chi connectivity index (χ4v) is 3.56. The first kappa shape index (κ1) is 17.0. The van der Waals surface area contributed by atoms with Crippen LogP contribution in [0.1, 0.15) is 63.9 Å². The molecule has 2 N–H and O–H groups in total. The number of nitrogens with zero attached hydrogens (tertiary/aromatic N) is 2. The van der Waals surface area contributed by atoms with Gasteiger partial charge in [0, 0.05) is 30.4 Å². The van der Waals surface area contributed by atoms with E-state index in [-0.39, 0.29) is 18.4 Å². The van der Waals surface area contributed by atoms with Crippen molar-refractivity contribution in [3.05, 3.63) is 27.7 Å². The summed E-state index contributed by atoms with van der Waals surface area (Å²) >= 11 is 0. The van der Waals surface area contributed by atoms with Crippen molar-refractivity contribution < 1.29 is 10.2 Å². The molecule has 1 unspecified atom stereocenters. The molecular weight excluding hydrogens is 280 g/mol. The minimum absolute atomic E-state index is 0.0773. The van der Waals surface area contributed by atoms with Crippen LogP contribution in [0.4, 0.5) is 0 Å². The van der Waals surface area contributed by atoms with E-state index in [1.165, 1.54) is 18.9 Å². The quantitative estimate of drug-likeness (QED) is 0.876. The highest BCUT2D eigenvalue weighted by atomic mass is 16.3. The third kappa shape index (κ3) is 3.36. The molecule has 124 valence electrons. The fourth-order valence-electron chi connectivity index (χ4n) is 3.56. The lowest BCUT2D eigenvalue weighted by molar-refractivity contribution is 0.129. The topological polar surface area (TPSA) is 65.7 Å². The lowest BCUT2D eigenvalue weighted by Gasteiger charge is -2.36. The molecule has 1 aromatic rings. The maximum absolute atomic E-state index is 12.0. The van der Waals surface area contributed by atoms with Gasteiger partial charge in [0.2, 0.25) is 5.43 Å². The molecule has 1 atom stereocenters. The van der Waals surface area contributed by atoms with Crippen LogP contribution >= 0.6 is 0 Å². The van der Waals surface area contributed by atoms with Crippen LogP contribution in [-0.2, 0) is 13.2 Å². The lowest BCUT2D eigenvalue weighted by atomic mass is 9.99. The normalized spacial score (nSPS) is 19.8. The Labute approximate surface area is 132 Å². The van der Waals surface area contributed by atoms with E-state index in [1.54, 1.807) is 0 Å². The van der Waals surface area contributed by atoms with Gasteiger partial charge in [0.1, 0.15) is 0 Å². The van der Waals surface area contributed by atoms with Crippen LogP contribution in [0, 0.1) is 0 Å². The molecule has 1 saturated heterocycles. The molecule has 0 aromatic carbocycles. The molecule has 2 heterocycles. The van der Waals surface area contributed by atoms with E-state index in [9.17, 15) is 15.0 Å². The molecule has 0 spiro atoms. The summed E-state index contributed by atoms with van der Waals surface area (Å²) in [5, 5.41) is 19.9. The van der Waals surface area contributed by atoms with E-state index in [4.69, 9.17) is 0 Å². The van der Waals surface area contributed by atoms with Gasteiger partial charge in [0.25, 0.3) is 0 Å². The number of rotatable bonds is 5. The van der Waals surface area contributed by atoms with Crippen LogP contribution < -0.4 is 5.43 Å². The van der Waals surface area contributed by atoms with Gasteiger partial charge in [0.15, 0.2) is 5.75 Å². The number of hydrogen-bond acceptors (Lipinski definition) is 4. The summed E-state index contributed by atoms with van der Waals surface area (Å²) in [5.74, 6) is -0.175. The van der Waals surface area contributed by atoms with Crippen molar-refractivity contribution in [1.82, 2.24) is 9.47 Å². The molecule has 0 aliphatic carbocycles. The second kappa shape index (κ2) is 7.29. The molecule has 1 fully saturated rings. The van der Waals surface area contributed by atoms with Gasteiger partial charge in [0.05, 0.1) is 12.3 Å². The molecule has 0 amide bonds. The standard InChI is InChI=1S/C17H28N2O3/c1-4-13-7-5-6-8-18(13)10-15-17(22)16(21)9-14(11-20)19(15)12(2)3/h9,12-13,20,22H,4-8,10-11H2,1-3H3. The third-order valence-corrected chi connectivity index (χ3v) is 4.66. The van der Waals surface area contributed by atoms with Gasteiger partial charge < -0.3 is 14.8 Å². The van der Waals surface area contributed by atoms with E-state index in [1.807, 2.05) is 18.4 Å². The predicted octanol–water partition coefficient (Wildman–Crippen LogP) is 2.39. The molecule has 2 rings (SSSR count). The molecule has 0 bridgehead atoms. The summed E-state index contributed by atoms with van der Waals surface area (Å²) in [6, 6.07) is 1.92. The van der Waals surface area contributed by atoms with Crippen molar-refractivity contribution in [3.8, 4) is 5.75 Å². The third-order valence-electron chi connectivity index (χ3n) is 4.66. The summed E-state index contributed by atoms with van der Waals surface area (Å²) < 4.78 is 1.90. The molecular formula is C17H28N2O3. The van der Waals surface area contributed by atoms with E-state index in [0.29, 0.717) is 24.0 Å². The van der Waals surface area contributed by atoms with Crippen molar-refractivity contribution in [3.63, 3.8) is 0 Å². The van der Waals surface area contributed by atoms with E-state index < -0.39 is 5.43 Å². The SMILES string of the molecule is CCC1CCCCN1Cc1c(O)c(=O)cc(CO)n1C(C)C. The van der Waals surface area contributed by atoms with Crippen LogP contribution in [0.25, 0.3) is 0 Å². The van der Waals surface area contributed by atoms with Crippen molar-refractivity contribution in [2.45, 2.75) is 71.7 Å². The fraction of sp³-hybridized carbons (Fsp3) is 0.706. The van der Waals surface area contributed by atoms with E-state index in [2.05, 4.69) is 11.8 Å². The van der Waals surface area contributed by atoms with E-state index >= 15 is 0 Å². The van der Waals surface area contributed by atoms with Crippen LogP contribution in [0.3, 0.4) is 0 Å². The van der Waals surface area contributed by atoms with Gasteiger partial charge in [-0.25, -0.2) is 0 Å². The predicted molar refractivity (Wildman–Crippen MR) is 87.0 cm³/mol. The molecule has 1 aliphatic rings. The number of aromatic hydroxyl groups is 1. The summed E-state index contributed by atoms with van der Waals surface area (Å²) in [7, 11) is 0. The van der Waals surface area contributed by atoms with Gasteiger partial charge in [-0.15, -0.1) is 0 Å². The number of aromatic nitrogens is 1. The molecule has 5 heteroatoms. The maximum atomic E-state index is 12.0. The van der Waals surface area contributed by atoms with Crippen LogP contribution in [0.5, 0.6) is 5.75 Å². The zero-order valence-corrected chi connectivity index (χ0v) is 13.9. The van der Waals surface area contributed by atoms with Crippen LogP contribution in [0.2, 0.25) is 0 Å². The van der Waals surface area contributed by atoms with Crippen molar-refractivity contribution >= 4 is 0 Å². The Balaban J connectivity index is 2.44. The second-order valence-electron chi connectivity index (χ2n) is 6.45. The largest absolute Gasteiger partial charge is 0.503 e. The zero-order valence-electron chi connectivity index (χ0n) is 13.9. The molecule has 1 aromatic heterocycles. The summed E-state index contributed by atoms with van der Waals surface area (Å²) in [5.41, 5.74) is 0.797. The molecule has 0 saturated carbocycles. The average Bonchev–Trinajstić information content (AvgIpc) is 2.51. The monoisotopic (exact) mass is 308 g/mol. The Morgan fingerprint density at radius 3 is 2.68 bits per heavy atom. The summed E-state index contributed by atoms with van der Waals surface area (Å²) in [6.45, 7) is 7.54. The average molecular weight is 308 g/mol. The number of likely N-dealkylation sites (tertiary alicyclic amines) is 1. The highest BCUT2D eigenvalue weighted by molar-refractivity contribution is 5.30. The molecule has 5 nitrogen and oxygen atoms in total. The smallest absolute Gasteiger partial charge is 0.223 e. The van der Waals surface area contributed by atoms with Crippen molar-refractivity contribution in [2.24, 2.45) is 0 Å². The van der Waals surface area contributed by atoms with Crippen LogP contribution in [-0.4, -0.2) is 32.3 Å². The number of aliphatic hydroxyl groups is 1. The van der Waals surface area contributed by atoms with Crippen molar-refractivity contribution in [1.29, 1.82) is 0 Å². The van der Waals surface area contributed by atoms with Crippen molar-refractivity contribution in [2.75, 3.05) is 6.54 Å².